The highest BCUT2D eigenvalue weighted by Gasteiger charge is 1.85. The van der Waals surface area contributed by atoms with Gasteiger partial charge < -0.3 is 10.5 Å². The fourth-order valence-electron chi connectivity index (χ4n) is 0.365. The van der Waals surface area contributed by atoms with E-state index < -0.39 is 6.09 Å². The zero-order chi connectivity index (χ0) is 7.11. The van der Waals surface area contributed by atoms with Gasteiger partial charge in [-0.1, -0.05) is 19.1 Å². The van der Waals surface area contributed by atoms with Crippen LogP contribution in [0.1, 0.15) is 13.3 Å². The minimum absolute atomic E-state index is 0.281. The molecule has 0 rings (SSSR count). The standard InChI is InChI=1S/C6H11NO2/c1-2-3-4-5-9-6(7)8/h3-4H,2,5H2,1H3,(H2,7,8). The second-order valence-electron chi connectivity index (χ2n) is 1.51. The Morgan fingerprint density at radius 1 is 1.67 bits per heavy atom. The van der Waals surface area contributed by atoms with Gasteiger partial charge in [0.05, 0.1) is 0 Å². The molecule has 0 aliphatic heterocycles. The van der Waals surface area contributed by atoms with Gasteiger partial charge in [0.2, 0.25) is 0 Å². The summed E-state index contributed by atoms with van der Waals surface area (Å²) in [5.74, 6) is 0. The molecule has 0 radical (unpaired) electrons. The van der Waals surface area contributed by atoms with Crippen LogP contribution >= 0.6 is 0 Å². The number of allylic oxidation sites excluding steroid dienone is 1. The summed E-state index contributed by atoms with van der Waals surface area (Å²) in [6.07, 6.45) is 3.88. The van der Waals surface area contributed by atoms with E-state index in [4.69, 9.17) is 0 Å². The van der Waals surface area contributed by atoms with E-state index in [1.54, 1.807) is 6.08 Å². The molecule has 0 bridgehead atoms. The monoisotopic (exact) mass is 129 g/mol. The van der Waals surface area contributed by atoms with Gasteiger partial charge in [0, 0.05) is 0 Å². The number of hydrogen-bond donors (Lipinski definition) is 1. The molecule has 0 aromatic heterocycles. The maximum absolute atomic E-state index is 9.93. The van der Waals surface area contributed by atoms with Crippen molar-refractivity contribution in [1.29, 1.82) is 0 Å². The molecule has 2 N–H and O–H groups in total. The van der Waals surface area contributed by atoms with Gasteiger partial charge in [-0.2, -0.15) is 0 Å². The van der Waals surface area contributed by atoms with E-state index in [1.807, 2.05) is 13.0 Å². The average Bonchev–Trinajstić information content (AvgIpc) is 1.80. The minimum Gasteiger partial charge on any atom is -0.445 e. The number of hydrogen-bond acceptors (Lipinski definition) is 2. The van der Waals surface area contributed by atoms with Crippen molar-refractivity contribution < 1.29 is 9.53 Å². The Balaban J connectivity index is 3.09. The molecule has 52 valence electrons. The summed E-state index contributed by atoms with van der Waals surface area (Å²) < 4.78 is 4.40. The number of rotatable bonds is 3. The molecule has 0 saturated heterocycles. The predicted molar refractivity (Wildman–Crippen MR) is 35.0 cm³/mol. The lowest BCUT2D eigenvalue weighted by molar-refractivity contribution is 0.169. The second kappa shape index (κ2) is 5.15. The zero-order valence-corrected chi connectivity index (χ0v) is 5.46. The lowest BCUT2D eigenvalue weighted by Crippen LogP contribution is -2.12. The minimum atomic E-state index is -0.726. The molecule has 0 aromatic carbocycles. The van der Waals surface area contributed by atoms with Crippen LogP contribution in [-0.4, -0.2) is 12.7 Å². The molecule has 0 spiro atoms. The summed E-state index contributed by atoms with van der Waals surface area (Å²) in [6.45, 7) is 2.28. The Morgan fingerprint density at radius 2 is 2.33 bits per heavy atom. The Kier molecular flexibility index (Phi) is 4.59. The van der Waals surface area contributed by atoms with Gasteiger partial charge in [-0.05, 0) is 6.42 Å². The van der Waals surface area contributed by atoms with E-state index in [1.165, 1.54) is 0 Å². The highest BCUT2D eigenvalue weighted by atomic mass is 16.5. The van der Waals surface area contributed by atoms with Crippen molar-refractivity contribution in [3.05, 3.63) is 12.2 Å². The lowest BCUT2D eigenvalue weighted by Gasteiger charge is -1.92. The highest BCUT2D eigenvalue weighted by molar-refractivity contribution is 5.64. The molecule has 3 heteroatoms. The van der Waals surface area contributed by atoms with Gasteiger partial charge in [0.1, 0.15) is 6.61 Å². The number of primary amides is 1. The van der Waals surface area contributed by atoms with Gasteiger partial charge in [0.15, 0.2) is 0 Å². The molecule has 3 nitrogen and oxygen atoms in total. The van der Waals surface area contributed by atoms with Crippen LogP contribution in [0.15, 0.2) is 12.2 Å². The van der Waals surface area contributed by atoms with Crippen LogP contribution in [0.3, 0.4) is 0 Å². The SMILES string of the molecule is CCC=CCOC(N)=O. The maximum atomic E-state index is 9.93. The van der Waals surface area contributed by atoms with Crippen LogP contribution < -0.4 is 5.73 Å². The Hall–Kier alpha value is -0.990. The van der Waals surface area contributed by atoms with Gasteiger partial charge in [-0.15, -0.1) is 0 Å². The second-order valence-corrected chi connectivity index (χ2v) is 1.51. The topological polar surface area (TPSA) is 52.3 Å². The van der Waals surface area contributed by atoms with E-state index in [-0.39, 0.29) is 6.61 Å². The van der Waals surface area contributed by atoms with Gasteiger partial charge in [0.25, 0.3) is 0 Å². The van der Waals surface area contributed by atoms with Gasteiger partial charge in [-0.25, -0.2) is 4.79 Å². The van der Waals surface area contributed by atoms with E-state index in [2.05, 4.69) is 10.5 Å². The molecule has 1 amide bonds. The first-order valence-electron chi connectivity index (χ1n) is 2.84. The van der Waals surface area contributed by atoms with Crippen LogP contribution in [-0.2, 0) is 4.74 Å². The lowest BCUT2D eigenvalue weighted by atomic mass is 10.4. The van der Waals surface area contributed by atoms with Crippen molar-refractivity contribution in [2.24, 2.45) is 5.73 Å². The Labute approximate surface area is 54.5 Å². The fourth-order valence-corrected chi connectivity index (χ4v) is 0.365. The third kappa shape index (κ3) is 7.01. The van der Waals surface area contributed by atoms with E-state index in [0.717, 1.165) is 6.42 Å². The van der Waals surface area contributed by atoms with Crippen molar-refractivity contribution in [3.63, 3.8) is 0 Å². The molecule has 0 fully saturated rings. The summed E-state index contributed by atoms with van der Waals surface area (Å²) in [7, 11) is 0. The van der Waals surface area contributed by atoms with Crippen molar-refractivity contribution in [2.75, 3.05) is 6.61 Å². The fraction of sp³-hybridized carbons (Fsp3) is 0.500. The smallest absolute Gasteiger partial charge is 0.404 e. The molecule has 0 aliphatic rings. The molecular weight excluding hydrogens is 118 g/mol. The van der Waals surface area contributed by atoms with E-state index >= 15 is 0 Å². The zero-order valence-electron chi connectivity index (χ0n) is 5.46. The van der Waals surface area contributed by atoms with Crippen LogP contribution in [0.5, 0.6) is 0 Å². The van der Waals surface area contributed by atoms with Crippen molar-refractivity contribution in [1.82, 2.24) is 0 Å². The summed E-state index contributed by atoms with van der Waals surface area (Å²) in [6, 6.07) is 0. The van der Waals surface area contributed by atoms with E-state index in [9.17, 15) is 4.79 Å². The van der Waals surface area contributed by atoms with Crippen molar-refractivity contribution in [2.45, 2.75) is 13.3 Å². The average molecular weight is 129 g/mol. The third-order valence-corrected chi connectivity index (χ3v) is 0.724. The predicted octanol–water partition coefficient (Wildman–Crippen LogP) is 1.05. The van der Waals surface area contributed by atoms with Crippen LogP contribution in [0.2, 0.25) is 0 Å². The Bertz CT molecular complexity index is 110. The highest BCUT2D eigenvalue weighted by Crippen LogP contribution is 1.80. The summed E-state index contributed by atoms with van der Waals surface area (Å²) >= 11 is 0. The third-order valence-electron chi connectivity index (χ3n) is 0.724. The first-order valence-corrected chi connectivity index (χ1v) is 2.84. The van der Waals surface area contributed by atoms with E-state index in [0.29, 0.717) is 0 Å². The molecule has 0 heterocycles. The molecule has 0 aliphatic carbocycles. The molecular formula is C6H11NO2. The maximum Gasteiger partial charge on any atom is 0.404 e. The van der Waals surface area contributed by atoms with Gasteiger partial charge >= 0.3 is 6.09 Å². The summed E-state index contributed by atoms with van der Waals surface area (Å²) in [4.78, 5) is 9.93. The van der Waals surface area contributed by atoms with Crippen molar-refractivity contribution in [3.8, 4) is 0 Å². The van der Waals surface area contributed by atoms with Gasteiger partial charge in [-0.3, -0.25) is 0 Å². The van der Waals surface area contributed by atoms with Crippen molar-refractivity contribution >= 4 is 6.09 Å². The van der Waals surface area contributed by atoms with Crippen LogP contribution in [0.25, 0.3) is 0 Å². The summed E-state index contributed by atoms with van der Waals surface area (Å²) in [5.41, 5.74) is 4.68. The molecule has 9 heavy (non-hydrogen) atoms. The Morgan fingerprint density at radius 3 is 2.78 bits per heavy atom. The number of carbonyl (C=O) groups excluding carboxylic acids is 1. The van der Waals surface area contributed by atoms with Crippen LogP contribution in [0.4, 0.5) is 4.79 Å². The number of amides is 1. The molecule has 0 unspecified atom stereocenters. The quantitative estimate of drug-likeness (QED) is 0.579. The molecule has 0 aromatic rings. The largest absolute Gasteiger partial charge is 0.445 e. The number of nitrogens with two attached hydrogens (primary N) is 1. The number of carbonyl (C=O) groups is 1. The first kappa shape index (κ1) is 8.01. The first-order chi connectivity index (χ1) is 4.27. The van der Waals surface area contributed by atoms with Crippen LogP contribution in [0, 0.1) is 0 Å². The number of ether oxygens (including phenoxy) is 1. The summed E-state index contributed by atoms with van der Waals surface area (Å²) in [5, 5.41) is 0. The normalized spacial score (nSPS) is 9.89. The molecule has 0 atom stereocenters. The molecule has 0 saturated carbocycles.